The lowest BCUT2D eigenvalue weighted by Gasteiger charge is -2.23. The van der Waals surface area contributed by atoms with Gasteiger partial charge in [-0.15, -0.1) is 0 Å². The molecule has 25 heavy (non-hydrogen) atoms. The van der Waals surface area contributed by atoms with Gasteiger partial charge in [0.15, 0.2) is 5.78 Å². The molecule has 0 spiro atoms. The van der Waals surface area contributed by atoms with Gasteiger partial charge >= 0.3 is 0 Å². The molecule has 1 aliphatic carbocycles. The van der Waals surface area contributed by atoms with E-state index in [1.165, 1.54) is 0 Å². The van der Waals surface area contributed by atoms with Gasteiger partial charge in [0.05, 0.1) is 19.3 Å². The Hall–Kier alpha value is -2.53. The lowest BCUT2D eigenvalue weighted by molar-refractivity contribution is 0.103. The Morgan fingerprint density at radius 1 is 1.28 bits per heavy atom. The summed E-state index contributed by atoms with van der Waals surface area (Å²) in [5.41, 5.74) is 3.48. The van der Waals surface area contributed by atoms with Crippen molar-refractivity contribution in [1.29, 1.82) is 0 Å². The van der Waals surface area contributed by atoms with Crippen LogP contribution in [0, 0.1) is 0 Å². The second-order valence-electron chi connectivity index (χ2n) is 7.13. The van der Waals surface area contributed by atoms with Crippen LogP contribution in [-0.2, 0) is 17.6 Å². The zero-order valence-corrected chi connectivity index (χ0v) is 14.1. The maximum Gasteiger partial charge on any atom is 0.197 e. The Morgan fingerprint density at radius 2 is 2.08 bits per heavy atom. The Morgan fingerprint density at radius 3 is 2.80 bits per heavy atom. The number of aromatic hydroxyl groups is 1. The molecule has 5 nitrogen and oxygen atoms in total. The quantitative estimate of drug-likeness (QED) is 0.728. The average Bonchev–Trinajstić information content (AvgIpc) is 3.20. The fraction of sp³-hybridized carbons (Fsp3) is 0.350. The van der Waals surface area contributed by atoms with Crippen molar-refractivity contribution in [2.75, 3.05) is 13.7 Å². The van der Waals surface area contributed by atoms with Crippen LogP contribution >= 0.6 is 0 Å². The Kier molecular flexibility index (Phi) is 2.82. The predicted molar refractivity (Wildman–Crippen MR) is 89.8 cm³/mol. The van der Waals surface area contributed by atoms with E-state index < -0.39 is 0 Å². The van der Waals surface area contributed by atoms with E-state index in [4.69, 9.17) is 14.2 Å². The van der Waals surface area contributed by atoms with Crippen molar-refractivity contribution >= 4 is 5.78 Å². The normalized spacial score (nSPS) is 25.7. The first-order valence-electron chi connectivity index (χ1n) is 8.41. The molecule has 1 saturated heterocycles. The highest BCUT2D eigenvalue weighted by atomic mass is 16.6. The molecule has 2 atom stereocenters. The van der Waals surface area contributed by atoms with Gasteiger partial charge in [0.1, 0.15) is 29.0 Å². The first-order valence-corrected chi connectivity index (χ1v) is 8.41. The van der Waals surface area contributed by atoms with Crippen molar-refractivity contribution < 1.29 is 24.1 Å². The minimum Gasteiger partial charge on any atom is -0.508 e. The fourth-order valence-corrected chi connectivity index (χ4v) is 3.97. The summed E-state index contributed by atoms with van der Waals surface area (Å²) in [6.07, 6.45) is 1.14. The van der Waals surface area contributed by atoms with Crippen LogP contribution in [0.3, 0.4) is 0 Å². The summed E-state index contributed by atoms with van der Waals surface area (Å²) in [4.78, 5) is 13.1. The summed E-state index contributed by atoms with van der Waals surface area (Å²) in [5.74, 6) is 1.32. The molecular weight excluding hydrogens is 320 g/mol. The predicted octanol–water partition coefficient (Wildman–Crippen LogP) is 2.63. The molecule has 0 aromatic heterocycles. The van der Waals surface area contributed by atoms with Gasteiger partial charge in [-0.05, 0) is 18.6 Å². The minimum atomic E-state index is -0.252. The van der Waals surface area contributed by atoms with Gasteiger partial charge in [-0.1, -0.05) is 12.1 Å². The van der Waals surface area contributed by atoms with Crippen molar-refractivity contribution in [2.24, 2.45) is 0 Å². The van der Waals surface area contributed by atoms with Crippen LogP contribution < -0.4 is 9.47 Å². The summed E-state index contributed by atoms with van der Waals surface area (Å²) < 4.78 is 17.2. The smallest absolute Gasteiger partial charge is 0.197 e. The average molecular weight is 338 g/mol. The van der Waals surface area contributed by atoms with E-state index in [9.17, 15) is 9.90 Å². The molecule has 0 saturated carbocycles. The maximum atomic E-state index is 13.1. The van der Waals surface area contributed by atoms with E-state index in [-0.39, 0.29) is 23.2 Å². The molecule has 2 heterocycles. The minimum absolute atomic E-state index is 0.0559. The number of benzene rings is 2. The fourth-order valence-electron chi connectivity index (χ4n) is 3.97. The molecular formula is C20H18O5. The second-order valence-corrected chi connectivity index (χ2v) is 7.13. The zero-order chi connectivity index (χ0) is 17.3. The Bertz CT molecular complexity index is 926. The van der Waals surface area contributed by atoms with Crippen LogP contribution in [0.2, 0.25) is 0 Å². The summed E-state index contributed by atoms with van der Waals surface area (Å²) in [6, 6.07) is 6.88. The summed E-state index contributed by atoms with van der Waals surface area (Å²) in [5, 5.41) is 10.2. The molecule has 0 amide bonds. The van der Waals surface area contributed by atoms with Crippen molar-refractivity contribution in [3.05, 3.63) is 52.1 Å². The number of carbonyl (C=O) groups excluding carboxylic acids is 1. The van der Waals surface area contributed by atoms with Crippen molar-refractivity contribution in [2.45, 2.75) is 31.5 Å². The Balaban J connectivity index is 1.69. The van der Waals surface area contributed by atoms with Crippen molar-refractivity contribution in [1.82, 2.24) is 0 Å². The van der Waals surface area contributed by atoms with Gasteiger partial charge in [0, 0.05) is 35.6 Å². The van der Waals surface area contributed by atoms with Crippen LogP contribution in [0.4, 0.5) is 0 Å². The van der Waals surface area contributed by atoms with Gasteiger partial charge in [-0.3, -0.25) is 4.79 Å². The molecule has 1 unspecified atom stereocenters. The third-order valence-corrected chi connectivity index (χ3v) is 5.61. The van der Waals surface area contributed by atoms with E-state index >= 15 is 0 Å². The first kappa shape index (κ1) is 14.8. The molecule has 0 bridgehead atoms. The molecule has 5 heteroatoms. The lowest BCUT2D eigenvalue weighted by atomic mass is 9.80. The highest BCUT2D eigenvalue weighted by molar-refractivity contribution is 6.14. The summed E-state index contributed by atoms with van der Waals surface area (Å²) >= 11 is 0. The van der Waals surface area contributed by atoms with Gasteiger partial charge in [-0.25, -0.2) is 0 Å². The standard InChI is InChI=1S/C20H18O5/c1-20(9-24-20)17-7-12-13-6-11-10(4-3-5-14(11)21)19(22)18(13)16(23-2)8-15(12)25-17/h3-5,8,17,21H,6-7,9H2,1-2H3/t17-,20?/m1/s1. The van der Waals surface area contributed by atoms with Crippen molar-refractivity contribution in [3.63, 3.8) is 0 Å². The van der Waals surface area contributed by atoms with E-state index in [0.717, 1.165) is 16.9 Å². The summed E-state index contributed by atoms with van der Waals surface area (Å²) in [7, 11) is 1.56. The molecule has 128 valence electrons. The van der Waals surface area contributed by atoms with E-state index in [1.54, 1.807) is 25.3 Å². The monoisotopic (exact) mass is 338 g/mol. The van der Waals surface area contributed by atoms with E-state index in [2.05, 4.69) is 0 Å². The molecule has 5 rings (SSSR count). The number of carbonyl (C=O) groups is 1. The number of fused-ring (bicyclic) bond motifs is 4. The molecule has 2 aromatic rings. The van der Waals surface area contributed by atoms with Crippen LogP contribution in [-0.4, -0.2) is 36.3 Å². The molecule has 2 aromatic carbocycles. The Labute approximate surface area is 145 Å². The zero-order valence-electron chi connectivity index (χ0n) is 14.1. The first-order chi connectivity index (χ1) is 12.0. The third kappa shape index (κ3) is 1.96. The number of ether oxygens (including phenoxy) is 3. The van der Waals surface area contributed by atoms with E-state index in [1.807, 2.05) is 13.0 Å². The van der Waals surface area contributed by atoms with Gasteiger partial charge in [0.2, 0.25) is 0 Å². The molecule has 3 aliphatic rings. The largest absolute Gasteiger partial charge is 0.508 e. The number of epoxide rings is 1. The third-order valence-electron chi connectivity index (χ3n) is 5.61. The second kappa shape index (κ2) is 4.76. The highest BCUT2D eigenvalue weighted by Gasteiger charge is 2.52. The van der Waals surface area contributed by atoms with Crippen molar-refractivity contribution in [3.8, 4) is 17.2 Å². The molecule has 0 radical (unpaired) electrons. The number of ketones is 1. The van der Waals surface area contributed by atoms with Crippen LogP contribution in [0.25, 0.3) is 0 Å². The lowest BCUT2D eigenvalue weighted by Crippen LogP contribution is -2.30. The highest BCUT2D eigenvalue weighted by Crippen LogP contribution is 2.48. The number of methoxy groups -OCH3 is 1. The SMILES string of the molecule is COc1cc2c(c3c1C(=O)c1cccc(O)c1C3)C[C@H](C1(C)CO1)O2. The molecule has 2 aliphatic heterocycles. The van der Waals surface area contributed by atoms with Gasteiger partial charge in [0.25, 0.3) is 0 Å². The number of hydrogen-bond donors (Lipinski definition) is 1. The maximum absolute atomic E-state index is 13.1. The number of phenols is 1. The van der Waals surface area contributed by atoms with Crippen LogP contribution in [0.1, 0.15) is 39.5 Å². The summed E-state index contributed by atoms with van der Waals surface area (Å²) in [6.45, 7) is 2.73. The topological polar surface area (TPSA) is 68.3 Å². The van der Waals surface area contributed by atoms with Crippen LogP contribution in [0.15, 0.2) is 24.3 Å². The number of phenolic OH excluding ortho intramolecular Hbond substituents is 1. The number of hydrogen-bond acceptors (Lipinski definition) is 5. The van der Waals surface area contributed by atoms with Gasteiger partial charge in [-0.2, -0.15) is 0 Å². The van der Waals surface area contributed by atoms with Crippen LogP contribution in [0.5, 0.6) is 17.2 Å². The molecule has 1 fully saturated rings. The molecule has 1 N–H and O–H groups in total. The van der Waals surface area contributed by atoms with E-state index in [0.29, 0.717) is 41.9 Å². The van der Waals surface area contributed by atoms with Gasteiger partial charge < -0.3 is 19.3 Å². The number of rotatable bonds is 2.